The van der Waals surface area contributed by atoms with E-state index in [4.69, 9.17) is 15.2 Å². The van der Waals surface area contributed by atoms with Gasteiger partial charge in [0.25, 0.3) is 5.69 Å². The quantitative estimate of drug-likeness (QED) is 0.559. The van der Waals surface area contributed by atoms with Crippen molar-refractivity contribution >= 4 is 5.69 Å². The van der Waals surface area contributed by atoms with Crippen LogP contribution in [0.15, 0.2) is 12.1 Å². The Kier molecular flexibility index (Phi) is 7.11. The van der Waals surface area contributed by atoms with Gasteiger partial charge in [0.05, 0.1) is 24.2 Å². The van der Waals surface area contributed by atoms with Crippen LogP contribution < -0.4 is 15.2 Å². The van der Waals surface area contributed by atoms with Gasteiger partial charge < -0.3 is 15.2 Å². The molecule has 0 aromatic heterocycles. The SMILES string of the molecule is CC(C)COc1cc(CCN)c([N+](=O)[O-])cc1OCC(C)C. The van der Waals surface area contributed by atoms with E-state index in [-0.39, 0.29) is 5.69 Å². The molecule has 0 aliphatic heterocycles. The highest BCUT2D eigenvalue weighted by Crippen LogP contribution is 2.35. The second kappa shape index (κ2) is 8.58. The van der Waals surface area contributed by atoms with Crippen LogP contribution in [0.5, 0.6) is 11.5 Å². The topological polar surface area (TPSA) is 87.6 Å². The summed E-state index contributed by atoms with van der Waals surface area (Å²) in [7, 11) is 0. The standard InChI is InChI=1S/C16H26N2O4/c1-11(2)9-21-15-7-13(5-6-17)14(18(19)20)8-16(15)22-10-12(3)4/h7-8,11-12H,5-6,9-10,17H2,1-4H3. The number of nitro groups is 1. The van der Waals surface area contributed by atoms with Crippen molar-refractivity contribution in [3.63, 3.8) is 0 Å². The molecule has 0 bridgehead atoms. The Balaban J connectivity index is 3.16. The van der Waals surface area contributed by atoms with Crippen molar-refractivity contribution in [3.05, 3.63) is 27.8 Å². The summed E-state index contributed by atoms with van der Waals surface area (Å²) < 4.78 is 11.5. The Morgan fingerprint density at radius 1 is 1.09 bits per heavy atom. The molecule has 6 heteroatoms. The van der Waals surface area contributed by atoms with Gasteiger partial charge in [0.15, 0.2) is 11.5 Å². The molecule has 0 atom stereocenters. The van der Waals surface area contributed by atoms with Crippen molar-refractivity contribution in [3.8, 4) is 11.5 Å². The summed E-state index contributed by atoms with van der Waals surface area (Å²) in [4.78, 5) is 10.8. The molecule has 0 amide bonds. The second-order valence-corrected chi connectivity index (χ2v) is 6.13. The number of hydrogen-bond acceptors (Lipinski definition) is 5. The van der Waals surface area contributed by atoms with Crippen LogP contribution in [0.4, 0.5) is 5.69 Å². The molecule has 22 heavy (non-hydrogen) atoms. The third kappa shape index (κ3) is 5.52. The maximum absolute atomic E-state index is 11.2. The summed E-state index contributed by atoms with van der Waals surface area (Å²) in [6, 6.07) is 3.13. The molecule has 0 saturated carbocycles. The fourth-order valence-electron chi connectivity index (χ4n) is 1.86. The summed E-state index contributed by atoms with van der Waals surface area (Å²) in [6.07, 6.45) is 0.429. The van der Waals surface area contributed by atoms with Crippen molar-refractivity contribution in [1.82, 2.24) is 0 Å². The van der Waals surface area contributed by atoms with E-state index in [2.05, 4.69) is 0 Å². The zero-order valence-electron chi connectivity index (χ0n) is 13.8. The number of nitro benzene ring substituents is 1. The molecule has 0 saturated heterocycles. The lowest BCUT2D eigenvalue weighted by Gasteiger charge is -2.16. The Morgan fingerprint density at radius 2 is 1.59 bits per heavy atom. The molecule has 0 aliphatic carbocycles. The molecule has 124 valence electrons. The predicted molar refractivity (Wildman–Crippen MR) is 86.5 cm³/mol. The van der Waals surface area contributed by atoms with Gasteiger partial charge in [-0.25, -0.2) is 0 Å². The molecule has 0 unspecified atom stereocenters. The molecule has 0 heterocycles. The Labute approximate surface area is 131 Å². The number of benzene rings is 1. The van der Waals surface area contributed by atoms with E-state index < -0.39 is 4.92 Å². The van der Waals surface area contributed by atoms with Gasteiger partial charge in [-0.3, -0.25) is 10.1 Å². The highest BCUT2D eigenvalue weighted by Gasteiger charge is 2.20. The lowest BCUT2D eigenvalue weighted by atomic mass is 10.1. The van der Waals surface area contributed by atoms with Crippen LogP contribution in [0.25, 0.3) is 0 Å². The average Bonchev–Trinajstić information content (AvgIpc) is 2.43. The molecule has 0 fully saturated rings. The van der Waals surface area contributed by atoms with Gasteiger partial charge in [-0.2, -0.15) is 0 Å². The first-order valence-corrected chi connectivity index (χ1v) is 7.62. The van der Waals surface area contributed by atoms with Gasteiger partial charge in [-0.15, -0.1) is 0 Å². The molecule has 2 N–H and O–H groups in total. The van der Waals surface area contributed by atoms with E-state index in [9.17, 15) is 10.1 Å². The third-order valence-corrected chi connectivity index (χ3v) is 2.90. The van der Waals surface area contributed by atoms with Crippen molar-refractivity contribution in [1.29, 1.82) is 0 Å². The largest absolute Gasteiger partial charge is 0.489 e. The van der Waals surface area contributed by atoms with Gasteiger partial charge in [0.1, 0.15) is 0 Å². The summed E-state index contributed by atoms with van der Waals surface area (Å²) in [6.45, 7) is 9.47. The molecule has 1 aromatic rings. The average molecular weight is 310 g/mol. The van der Waals surface area contributed by atoms with E-state index in [1.165, 1.54) is 6.07 Å². The van der Waals surface area contributed by atoms with Crippen molar-refractivity contribution in [2.75, 3.05) is 19.8 Å². The summed E-state index contributed by atoms with van der Waals surface area (Å²) >= 11 is 0. The van der Waals surface area contributed by atoms with Crippen molar-refractivity contribution in [2.45, 2.75) is 34.1 Å². The molecule has 0 spiro atoms. The van der Waals surface area contributed by atoms with E-state index in [0.717, 1.165) is 0 Å². The molecule has 0 radical (unpaired) electrons. The summed E-state index contributed by atoms with van der Waals surface area (Å²) in [5.41, 5.74) is 6.14. The third-order valence-electron chi connectivity index (χ3n) is 2.90. The van der Waals surface area contributed by atoms with E-state index >= 15 is 0 Å². The fraction of sp³-hybridized carbons (Fsp3) is 0.625. The normalized spacial score (nSPS) is 11.0. The Hall–Kier alpha value is -1.82. The van der Waals surface area contributed by atoms with Crippen molar-refractivity contribution in [2.24, 2.45) is 17.6 Å². The number of ether oxygens (including phenoxy) is 2. The van der Waals surface area contributed by atoms with Crippen LogP contribution in [0.1, 0.15) is 33.3 Å². The van der Waals surface area contributed by atoms with Gasteiger partial charge in [0.2, 0.25) is 0 Å². The van der Waals surface area contributed by atoms with Crippen LogP contribution in [0, 0.1) is 22.0 Å². The molecular formula is C16H26N2O4. The van der Waals surface area contributed by atoms with Crippen LogP contribution in [-0.2, 0) is 6.42 Å². The Bertz CT molecular complexity index is 501. The van der Waals surface area contributed by atoms with Gasteiger partial charge >= 0.3 is 0 Å². The van der Waals surface area contributed by atoms with Crippen LogP contribution >= 0.6 is 0 Å². The van der Waals surface area contributed by atoms with Crippen LogP contribution in [-0.4, -0.2) is 24.7 Å². The molecular weight excluding hydrogens is 284 g/mol. The summed E-state index contributed by atoms with van der Waals surface area (Å²) in [5.74, 6) is 1.64. The highest BCUT2D eigenvalue weighted by atomic mass is 16.6. The van der Waals surface area contributed by atoms with E-state index in [1.807, 2.05) is 27.7 Å². The van der Waals surface area contributed by atoms with E-state index in [1.54, 1.807) is 6.07 Å². The van der Waals surface area contributed by atoms with Crippen molar-refractivity contribution < 1.29 is 14.4 Å². The number of hydrogen-bond donors (Lipinski definition) is 1. The minimum atomic E-state index is -0.403. The molecule has 6 nitrogen and oxygen atoms in total. The zero-order valence-corrected chi connectivity index (χ0v) is 13.8. The first kappa shape index (κ1) is 18.2. The summed E-state index contributed by atoms with van der Waals surface area (Å²) in [5, 5.41) is 11.2. The minimum Gasteiger partial charge on any atom is -0.489 e. The van der Waals surface area contributed by atoms with Gasteiger partial charge in [-0.1, -0.05) is 27.7 Å². The first-order valence-electron chi connectivity index (χ1n) is 7.62. The first-order chi connectivity index (χ1) is 10.3. The predicted octanol–water partition coefficient (Wildman–Crippen LogP) is 3.17. The van der Waals surface area contributed by atoms with Gasteiger partial charge in [-0.05, 0) is 30.9 Å². The fourth-order valence-corrected chi connectivity index (χ4v) is 1.86. The van der Waals surface area contributed by atoms with Crippen LogP contribution in [0.3, 0.4) is 0 Å². The lowest BCUT2D eigenvalue weighted by molar-refractivity contribution is -0.385. The molecule has 1 aromatic carbocycles. The molecule has 0 aliphatic rings. The minimum absolute atomic E-state index is 0.0288. The monoisotopic (exact) mass is 310 g/mol. The van der Waals surface area contributed by atoms with E-state index in [0.29, 0.717) is 55.1 Å². The Morgan fingerprint density at radius 3 is 2.00 bits per heavy atom. The highest BCUT2D eigenvalue weighted by molar-refractivity contribution is 5.54. The number of rotatable bonds is 9. The van der Waals surface area contributed by atoms with Gasteiger partial charge in [0, 0.05) is 5.56 Å². The maximum Gasteiger partial charge on any atom is 0.276 e. The number of nitrogens with zero attached hydrogens (tertiary/aromatic N) is 1. The second-order valence-electron chi connectivity index (χ2n) is 6.13. The number of nitrogens with two attached hydrogens (primary N) is 1. The smallest absolute Gasteiger partial charge is 0.276 e. The molecule has 1 rings (SSSR count). The zero-order chi connectivity index (χ0) is 16.7. The maximum atomic E-state index is 11.2. The van der Waals surface area contributed by atoms with Crippen LogP contribution in [0.2, 0.25) is 0 Å². The lowest BCUT2D eigenvalue weighted by Crippen LogP contribution is -2.11.